The molecule has 188 valence electrons. The topological polar surface area (TPSA) is 74.6 Å². The smallest absolute Gasteiger partial charge is 0.313 e. The maximum Gasteiger partial charge on any atom is 0.313 e. The lowest BCUT2D eigenvalue weighted by Crippen LogP contribution is -2.66. The van der Waals surface area contributed by atoms with Gasteiger partial charge in [-0.05, 0) is 89.6 Å². The summed E-state index contributed by atoms with van der Waals surface area (Å²) in [7, 11) is 0. The van der Waals surface area contributed by atoms with E-state index in [-0.39, 0.29) is 28.1 Å². The number of aliphatic hydroxyl groups is 1. The molecule has 7 atom stereocenters. The van der Waals surface area contributed by atoms with Gasteiger partial charge in [0.1, 0.15) is 5.78 Å². The molecule has 0 bridgehead atoms. The zero-order valence-electron chi connectivity index (χ0n) is 24.0. The first kappa shape index (κ1) is 21.8. The van der Waals surface area contributed by atoms with Gasteiger partial charge in [-0.25, -0.2) is 0 Å². The summed E-state index contributed by atoms with van der Waals surface area (Å²) in [5, 5.41) is 21.4. The molecule has 34 heavy (non-hydrogen) atoms. The Hall–Kier alpha value is -1.42. The molecule has 5 aliphatic rings. The van der Waals surface area contributed by atoms with Crippen molar-refractivity contribution in [1.82, 2.24) is 0 Å². The van der Waals surface area contributed by atoms with Crippen molar-refractivity contribution >= 4 is 11.8 Å². The molecule has 4 heteroatoms. The normalized spacial score (nSPS) is 51.3. The van der Waals surface area contributed by atoms with Crippen molar-refractivity contribution in [2.45, 2.75) is 106 Å². The third kappa shape index (κ3) is 2.70. The molecule has 0 aromatic rings. The SMILES string of the molecule is [2H]C1([2H])C(=O)[C@]2(C)[C@H]3C=CC4=C5CC(C)(C)CC[C@]5(C(=O)O)CC[C@@]4(C)[C@]3(C)CC[C@H]2C(C)(C)[C@H]1O. The molecule has 2 N–H and O–H groups in total. The van der Waals surface area contributed by atoms with E-state index in [4.69, 9.17) is 2.74 Å². The lowest BCUT2D eigenvalue weighted by Gasteiger charge is -2.68. The van der Waals surface area contributed by atoms with E-state index in [2.05, 4.69) is 39.8 Å². The summed E-state index contributed by atoms with van der Waals surface area (Å²) in [5.74, 6) is -1.49. The number of fused-ring (bicyclic) bond motifs is 6. The molecule has 0 aromatic heterocycles. The zero-order chi connectivity index (χ0) is 26.9. The van der Waals surface area contributed by atoms with Crippen molar-refractivity contribution in [3.05, 3.63) is 23.3 Å². The van der Waals surface area contributed by atoms with Crippen LogP contribution in [0.2, 0.25) is 0 Å². The Morgan fingerprint density at radius 1 is 1.03 bits per heavy atom. The van der Waals surface area contributed by atoms with E-state index in [1.165, 1.54) is 0 Å². The summed E-state index contributed by atoms with van der Waals surface area (Å²) >= 11 is 0. The molecule has 0 aliphatic heterocycles. The van der Waals surface area contributed by atoms with Crippen molar-refractivity contribution in [2.75, 3.05) is 0 Å². The van der Waals surface area contributed by atoms with Gasteiger partial charge in [0.15, 0.2) is 0 Å². The summed E-state index contributed by atoms with van der Waals surface area (Å²) in [5.41, 5.74) is -0.796. The lowest BCUT2D eigenvalue weighted by molar-refractivity contribution is -0.189. The molecule has 4 nitrogen and oxygen atoms in total. The van der Waals surface area contributed by atoms with E-state index in [0.717, 1.165) is 43.3 Å². The summed E-state index contributed by atoms with van der Waals surface area (Å²) in [6.07, 6.45) is 5.95. The van der Waals surface area contributed by atoms with E-state index < -0.39 is 40.5 Å². The maximum atomic E-state index is 14.0. The van der Waals surface area contributed by atoms with Crippen molar-refractivity contribution in [3.63, 3.8) is 0 Å². The van der Waals surface area contributed by atoms with Gasteiger partial charge in [0.25, 0.3) is 0 Å². The van der Waals surface area contributed by atoms with Crippen LogP contribution in [0.5, 0.6) is 0 Å². The Balaban J connectivity index is 1.73. The van der Waals surface area contributed by atoms with E-state index in [9.17, 15) is 19.8 Å². The first-order valence-corrected chi connectivity index (χ1v) is 13.2. The third-order valence-electron chi connectivity index (χ3n) is 11.9. The van der Waals surface area contributed by atoms with Gasteiger partial charge in [0.05, 0.1) is 11.5 Å². The average Bonchev–Trinajstić information content (AvgIpc) is 2.77. The predicted octanol–water partition coefficient (Wildman–Crippen LogP) is 6.33. The van der Waals surface area contributed by atoms with Gasteiger partial charge >= 0.3 is 5.97 Å². The molecule has 3 saturated carbocycles. The average molecular weight is 471 g/mol. The Kier molecular flexibility index (Phi) is 4.41. The minimum Gasteiger partial charge on any atom is -0.481 e. The van der Waals surface area contributed by atoms with Gasteiger partial charge in [-0.3, -0.25) is 9.59 Å². The van der Waals surface area contributed by atoms with Gasteiger partial charge in [-0.1, -0.05) is 60.6 Å². The lowest BCUT2D eigenvalue weighted by atomic mass is 9.35. The van der Waals surface area contributed by atoms with Gasteiger partial charge in [0, 0.05) is 14.5 Å². The fourth-order valence-corrected chi connectivity index (χ4v) is 9.32. The Morgan fingerprint density at radius 2 is 1.68 bits per heavy atom. The summed E-state index contributed by atoms with van der Waals surface area (Å²) in [4.78, 5) is 26.7. The second kappa shape index (κ2) is 6.87. The molecule has 5 aliphatic carbocycles. The Bertz CT molecular complexity index is 1100. The quantitative estimate of drug-likeness (QED) is 0.469. The number of rotatable bonds is 1. The van der Waals surface area contributed by atoms with Crippen molar-refractivity contribution < 1.29 is 22.5 Å². The molecule has 0 unspecified atom stereocenters. The number of aliphatic carboxylic acids is 1. The molecule has 0 aromatic carbocycles. The first-order chi connectivity index (χ1) is 16.3. The highest BCUT2D eigenvalue weighted by molar-refractivity contribution is 5.88. The standard InChI is InChI=1S/C30H44O4/c1-25(2)12-14-30(24(33)34)15-13-27(5)18(19(30)17-25)8-9-21-28(27,6)11-10-20-26(3,4)22(31)16-23(32)29(20,21)7/h8-9,20-22,31H,10-17H2,1-7H3,(H,33,34)/t20-,21-,22-,27+,28+,29-,30-/m0/s1/i16D2. The summed E-state index contributed by atoms with van der Waals surface area (Å²) in [6.45, 7) is 14.8. The highest BCUT2D eigenvalue weighted by atomic mass is 16.4. The summed E-state index contributed by atoms with van der Waals surface area (Å²) < 4.78 is 17.3. The predicted molar refractivity (Wildman–Crippen MR) is 133 cm³/mol. The maximum absolute atomic E-state index is 14.0. The molecule has 0 saturated heterocycles. The highest BCUT2D eigenvalue weighted by Gasteiger charge is 2.69. The van der Waals surface area contributed by atoms with Crippen molar-refractivity contribution in [2.24, 2.45) is 44.3 Å². The highest BCUT2D eigenvalue weighted by Crippen LogP contribution is 2.73. The fourth-order valence-electron chi connectivity index (χ4n) is 9.32. The van der Waals surface area contributed by atoms with Crippen LogP contribution in [0.25, 0.3) is 0 Å². The minimum atomic E-state index is -2.31. The Labute approximate surface area is 208 Å². The number of hydrogen-bond acceptors (Lipinski definition) is 3. The number of carbonyl (C=O) groups excluding carboxylic acids is 1. The number of ketones is 1. The molecular formula is C30H44O4. The van der Waals surface area contributed by atoms with E-state index in [0.29, 0.717) is 12.8 Å². The van der Waals surface area contributed by atoms with Crippen LogP contribution in [0.4, 0.5) is 0 Å². The van der Waals surface area contributed by atoms with Crippen LogP contribution >= 0.6 is 0 Å². The number of aliphatic hydroxyl groups excluding tert-OH is 1. The second-order valence-corrected chi connectivity index (χ2v) is 14.3. The molecule has 0 heterocycles. The van der Waals surface area contributed by atoms with E-state index in [1.807, 2.05) is 20.8 Å². The van der Waals surface area contributed by atoms with Gasteiger partial charge in [-0.2, -0.15) is 0 Å². The molecule has 0 radical (unpaired) electrons. The van der Waals surface area contributed by atoms with Crippen LogP contribution in [0.3, 0.4) is 0 Å². The van der Waals surface area contributed by atoms with Crippen LogP contribution in [-0.4, -0.2) is 28.1 Å². The number of carboxylic acids is 1. The first-order valence-electron chi connectivity index (χ1n) is 14.2. The largest absolute Gasteiger partial charge is 0.481 e. The van der Waals surface area contributed by atoms with Crippen molar-refractivity contribution in [1.29, 1.82) is 0 Å². The van der Waals surface area contributed by atoms with Crippen LogP contribution in [0, 0.1) is 44.3 Å². The van der Waals surface area contributed by atoms with Crippen LogP contribution < -0.4 is 0 Å². The third-order valence-corrected chi connectivity index (χ3v) is 11.9. The zero-order valence-corrected chi connectivity index (χ0v) is 22.0. The molecular weight excluding hydrogens is 424 g/mol. The molecule has 3 fully saturated rings. The minimum absolute atomic E-state index is 0.0459. The van der Waals surface area contributed by atoms with Crippen LogP contribution in [-0.2, 0) is 9.59 Å². The number of hydrogen-bond donors (Lipinski definition) is 2. The fraction of sp³-hybridized carbons (Fsp3) is 0.800. The number of allylic oxidation sites excluding steroid dienone is 3. The second-order valence-electron chi connectivity index (χ2n) is 14.3. The van der Waals surface area contributed by atoms with Gasteiger partial charge < -0.3 is 10.2 Å². The van der Waals surface area contributed by atoms with Gasteiger partial charge in [0.2, 0.25) is 0 Å². The van der Waals surface area contributed by atoms with Crippen molar-refractivity contribution in [3.8, 4) is 0 Å². The summed E-state index contributed by atoms with van der Waals surface area (Å²) in [6, 6.07) is 0. The van der Waals surface area contributed by atoms with Crippen LogP contribution in [0.15, 0.2) is 23.3 Å². The van der Waals surface area contributed by atoms with E-state index in [1.54, 1.807) is 0 Å². The monoisotopic (exact) mass is 470 g/mol. The van der Waals surface area contributed by atoms with Gasteiger partial charge in [-0.15, -0.1) is 0 Å². The van der Waals surface area contributed by atoms with E-state index >= 15 is 0 Å². The molecule has 0 spiro atoms. The molecule has 5 rings (SSSR count). The molecule has 0 amide bonds. The number of carboxylic acid groups (broad SMARTS) is 1. The number of Topliss-reactive ketones (excluding diaryl/α,β-unsaturated/α-hetero) is 1. The van der Waals surface area contributed by atoms with Crippen LogP contribution in [0.1, 0.15) is 103 Å². The number of carbonyl (C=O) groups is 2. The Morgan fingerprint density at radius 3 is 2.32 bits per heavy atom.